The molecule has 34 heavy (non-hydrogen) atoms. The molecule has 5 N–H and O–H groups in total. The van der Waals surface area contributed by atoms with Crippen LogP contribution in [0.4, 0.5) is 5.69 Å². The zero-order chi connectivity index (χ0) is 24.3. The van der Waals surface area contributed by atoms with Gasteiger partial charge < -0.3 is 29.6 Å². The standard InChI is InChI=1S/C25H28N2O7/c1-14(2)20-10-15-9-17(4-5-19(15)27(20)12-18(29)13-28)26-23(30)24(7-8-24)16-3-6-21-22(11-16)34-25(31,32)33-21/h3-6,9-11,14,18,28-29,31-32H,7-8,12-13H2,1-2H3,(H,26,30). The Morgan fingerprint density at radius 3 is 2.50 bits per heavy atom. The van der Waals surface area contributed by atoms with Crippen molar-refractivity contribution in [3.05, 3.63) is 53.7 Å². The van der Waals surface area contributed by atoms with Crippen LogP contribution < -0.4 is 14.8 Å². The molecule has 1 aromatic heterocycles. The summed E-state index contributed by atoms with van der Waals surface area (Å²) in [4.78, 5) is 13.3. The first-order valence-corrected chi connectivity index (χ1v) is 11.3. The summed E-state index contributed by atoms with van der Waals surface area (Å²) in [6.45, 7) is 4.11. The second-order valence-corrected chi connectivity index (χ2v) is 9.39. The summed E-state index contributed by atoms with van der Waals surface area (Å²) >= 11 is 0. The maximum absolute atomic E-state index is 13.3. The van der Waals surface area contributed by atoms with Gasteiger partial charge in [-0.25, -0.2) is 0 Å². The number of carbonyl (C=O) groups excluding carboxylic acids is 1. The van der Waals surface area contributed by atoms with E-state index in [1.54, 1.807) is 18.2 Å². The smallest absolute Gasteiger partial charge is 0.403 e. The van der Waals surface area contributed by atoms with Crippen LogP contribution in [0, 0.1) is 0 Å². The summed E-state index contributed by atoms with van der Waals surface area (Å²) in [7, 11) is 0. The van der Waals surface area contributed by atoms with Crippen LogP contribution in [0.5, 0.6) is 11.5 Å². The van der Waals surface area contributed by atoms with Gasteiger partial charge in [0.2, 0.25) is 5.91 Å². The molecule has 0 spiro atoms. The number of nitrogens with one attached hydrogen (secondary N) is 1. The Balaban J connectivity index is 1.40. The molecular weight excluding hydrogens is 440 g/mol. The summed E-state index contributed by atoms with van der Waals surface area (Å²) in [6, 6.07) is 12.6. The molecule has 0 bridgehead atoms. The zero-order valence-electron chi connectivity index (χ0n) is 19.0. The lowest BCUT2D eigenvalue weighted by atomic mass is 9.94. The molecule has 1 aliphatic heterocycles. The van der Waals surface area contributed by atoms with Gasteiger partial charge >= 0.3 is 6.16 Å². The summed E-state index contributed by atoms with van der Waals surface area (Å²) in [6.07, 6.45) is -2.23. The van der Waals surface area contributed by atoms with E-state index in [2.05, 4.69) is 19.2 Å². The van der Waals surface area contributed by atoms with Crippen LogP contribution in [-0.4, -0.2) is 49.8 Å². The SMILES string of the molecule is CC(C)c1cc2cc(NC(=O)C3(c4ccc5c(c4)OC(O)(O)O5)CC3)ccc2n1CC(O)CO. The van der Waals surface area contributed by atoms with Gasteiger partial charge in [-0.15, -0.1) is 0 Å². The van der Waals surface area contributed by atoms with Crippen molar-refractivity contribution >= 4 is 22.5 Å². The summed E-state index contributed by atoms with van der Waals surface area (Å²) in [5, 5.41) is 42.3. The lowest BCUT2D eigenvalue weighted by Gasteiger charge is -2.17. The topological polar surface area (TPSA) is 133 Å². The number of rotatable bonds is 7. The lowest BCUT2D eigenvalue weighted by molar-refractivity contribution is -0.385. The van der Waals surface area contributed by atoms with E-state index >= 15 is 0 Å². The monoisotopic (exact) mass is 468 g/mol. The fraction of sp³-hybridized carbons (Fsp3) is 0.400. The average molecular weight is 469 g/mol. The van der Waals surface area contributed by atoms with Crippen molar-refractivity contribution in [2.24, 2.45) is 0 Å². The minimum absolute atomic E-state index is 0.149. The van der Waals surface area contributed by atoms with E-state index < -0.39 is 17.7 Å². The molecule has 2 aromatic carbocycles. The number of hydrogen-bond donors (Lipinski definition) is 5. The fourth-order valence-corrected chi connectivity index (χ4v) is 4.62. The Morgan fingerprint density at radius 1 is 1.09 bits per heavy atom. The Hall–Kier alpha value is -3.11. The van der Waals surface area contributed by atoms with Crippen molar-refractivity contribution in [1.82, 2.24) is 4.57 Å². The van der Waals surface area contributed by atoms with Crippen LogP contribution in [0.2, 0.25) is 0 Å². The molecule has 0 radical (unpaired) electrons. The van der Waals surface area contributed by atoms with E-state index in [0.717, 1.165) is 22.2 Å². The van der Waals surface area contributed by atoms with Gasteiger partial charge in [-0.3, -0.25) is 15.0 Å². The molecule has 1 amide bonds. The maximum Gasteiger partial charge on any atom is 0.505 e. The number of ether oxygens (including phenoxy) is 2. The third kappa shape index (κ3) is 3.90. The molecule has 3 aromatic rings. The third-order valence-electron chi connectivity index (χ3n) is 6.55. The number of aliphatic hydroxyl groups excluding tert-OH is 2. The molecule has 5 rings (SSSR count). The second-order valence-electron chi connectivity index (χ2n) is 9.39. The van der Waals surface area contributed by atoms with E-state index in [1.165, 1.54) is 0 Å². The zero-order valence-corrected chi connectivity index (χ0v) is 19.0. The number of aliphatic hydroxyl groups is 4. The molecule has 9 nitrogen and oxygen atoms in total. The molecule has 1 aliphatic carbocycles. The molecule has 1 saturated carbocycles. The van der Waals surface area contributed by atoms with Gasteiger partial charge in [0, 0.05) is 22.3 Å². The largest absolute Gasteiger partial charge is 0.505 e. The minimum Gasteiger partial charge on any atom is -0.403 e. The van der Waals surface area contributed by atoms with Crippen LogP contribution in [0.15, 0.2) is 42.5 Å². The molecule has 1 atom stereocenters. The Labute approximate surface area is 196 Å². The van der Waals surface area contributed by atoms with Crippen molar-refractivity contribution in [1.29, 1.82) is 0 Å². The highest BCUT2D eigenvalue weighted by atomic mass is 17.0. The number of nitrogens with zero attached hydrogens (tertiary/aromatic N) is 1. The van der Waals surface area contributed by atoms with Gasteiger partial charge in [-0.1, -0.05) is 19.9 Å². The third-order valence-corrected chi connectivity index (χ3v) is 6.55. The Bertz CT molecular complexity index is 1260. The summed E-state index contributed by atoms with van der Waals surface area (Å²) < 4.78 is 11.9. The van der Waals surface area contributed by atoms with E-state index in [1.807, 2.05) is 28.8 Å². The van der Waals surface area contributed by atoms with Gasteiger partial charge in [0.1, 0.15) is 0 Å². The molecule has 1 fully saturated rings. The predicted molar refractivity (Wildman–Crippen MR) is 124 cm³/mol. The van der Waals surface area contributed by atoms with Crippen LogP contribution >= 0.6 is 0 Å². The number of hydrogen-bond acceptors (Lipinski definition) is 7. The predicted octanol–water partition coefficient (Wildman–Crippen LogP) is 2.16. The second kappa shape index (κ2) is 7.99. The van der Waals surface area contributed by atoms with Crippen molar-refractivity contribution in [3.63, 3.8) is 0 Å². The number of benzene rings is 2. The maximum atomic E-state index is 13.3. The number of fused-ring (bicyclic) bond motifs is 2. The first-order valence-electron chi connectivity index (χ1n) is 11.3. The van der Waals surface area contributed by atoms with Gasteiger partial charge in [0.05, 0.1) is 24.7 Å². The van der Waals surface area contributed by atoms with Crippen LogP contribution in [0.25, 0.3) is 10.9 Å². The van der Waals surface area contributed by atoms with Crippen molar-refractivity contribution in [3.8, 4) is 11.5 Å². The van der Waals surface area contributed by atoms with Gasteiger partial charge in [0.15, 0.2) is 11.5 Å². The Morgan fingerprint density at radius 2 is 1.82 bits per heavy atom. The highest BCUT2D eigenvalue weighted by Gasteiger charge is 2.52. The summed E-state index contributed by atoms with van der Waals surface area (Å²) in [5.74, 6) is 0.445. The molecular formula is C25H28N2O7. The molecule has 0 saturated heterocycles. The highest BCUT2D eigenvalue weighted by Crippen LogP contribution is 2.51. The van der Waals surface area contributed by atoms with E-state index in [4.69, 9.17) is 9.47 Å². The molecule has 180 valence electrons. The first-order chi connectivity index (χ1) is 16.1. The van der Waals surface area contributed by atoms with Crippen LogP contribution in [0.1, 0.15) is 43.9 Å². The molecule has 2 aliphatic rings. The van der Waals surface area contributed by atoms with Crippen molar-refractivity contribution < 1.29 is 34.7 Å². The number of aromatic nitrogens is 1. The van der Waals surface area contributed by atoms with Crippen molar-refractivity contribution in [2.75, 3.05) is 11.9 Å². The molecule has 9 heteroatoms. The van der Waals surface area contributed by atoms with Gasteiger partial charge in [-0.2, -0.15) is 0 Å². The number of amides is 1. The minimum atomic E-state index is -2.70. The normalized spacial score (nSPS) is 18.3. The number of carbonyl (C=O) groups is 1. The van der Waals surface area contributed by atoms with Gasteiger partial charge in [-0.05, 0) is 60.7 Å². The van der Waals surface area contributed by atoms with E-state index in [-0.39, 0.29) is 36.5 Å². The van der Waals surface area contributed by atoms with Gasteiger partial charge in [0.25, 0.3) is 0 Å². The number of anilines is 1. The molecule has 1 unspecified atom stereocenters. The van der Waals surface area contributed by atoms with E-state index in [9.17, 15) is 25.2 Å². The quantitative estimate of drug-likeness (QED) is 0.336. The fourth-order valence-electron chi connectivity index (χ4n) is 4.62. The van der Waals surface area contributed by atoms with Crippen LogP contribution in [0.3, 0.4) is 0 Å². The highest BCUT2D eigenvalue weighted by molar-refractivity contribution is 6.02. The van der Waals surface area contributed by atoms with Crippen LogP contribution in [-0.2, 0) is 16.8 Å². The lowest BCUT2D eigenvalue weighted by Crippen LogP contribution is -2.37. The first kappa shape index (κ1) is 22.7. The van der Waals surface area contributed by atoms with E-state index in [0.29, 0.717) is 18.5 Å². The Kier molecular flexibility index (Phi) is 5.33. The average Bonchev–Trinajstić information content (AvgIpc) is 3.43. The van der Waals surface area contributed by atoms with Crippen molar-refractivity contribution in [2.45, 2.75) is 56.8 Å². The molecule has 2 heterocycles. The summed E-state index contributed by atoms with van der Waals surface area (Å²) in [5.41, 5.74) is 2.61.